The van der Waals surface area contributed by atoms with Gasteiger partial charge in [0.15, 0.2) is 0 Å². The van der Waals surface area contributed by atoms with Crippen LogP contribution in [0.5, 0.6) is 0 Å². The molecule has 1 heterocycles. The fourth-order valence-corrected chi connectivity index (χ4v) is 3.50. The maximum Gasteiger partial charge on any atom is 0.223 e. The first-order valence-corrected chi connectivity index (χ1v) is 7.05. The predicted octanol–water partition coefficient (Wildman–Crippen LogP) is 2.29. The normalized spacial score (nSPS) is 28.9. The number of likely N-dealkylation sites (tertiary alicyclic amines) is 1. The summed E-state index contributed by atoms with van der Waals surface area (Å²) in [7, 11) is 0. The lowest BCUT2D eigenvalue weighted by molar-refractivity contribution is -0.134. The van der Waals surface area contributed by atoms with Crippen molar-refractivity contribution in [2.45, 2.75) is 70.4 Å². The molecular weight excluding hydrogens is 212 g/mol. The van der Waals surface area contributed by atoms with Crippen molar-refractivity contribution in [3.05, 3.63) is 0 Å². The van der Waals surface area contributed by atoms with Crippen LogP contribution in [-0.4, -0.2) is 28.9 Å². The van der Waals surface area contributed by atoms with Crippen molar-refractivity contribution < 1.29 is 4.79 Å². The van der Waals surface area contributed by atoms with E-state index in [4.69, 9.17) is 5.73 Å². The first-order valence-electron chi connectivity index (χ1n) is 7.05. The Kier molecular flexibility index (Phi) is 3.76. The molecule has 1 atom stereocenters. The van der Waals surface area contributed by atoms with E-state index in [1.807, 2.05) is 4.90 Å². The highest BCUT2D eigenvalue weighted by Crippen LogP contribution is 2.31. The van der Waals surface area contributed by atoms with Crippen LogP contribution in [0.1, 0.15) is 58.8 Å². The molecule has 1 saturated carbocycles. The topological polar surface area (TPSA) is 46.3 Å². The first kappa shape index (κ1) is 12.9. The zero-order chi connectivity index (χ0) is 12.5. The molecule has 3 nitrogen and oxygen atoms in total. The van der Waals surface area contributed by atoms with Gasteiger partial charge in [-0.25, -0.2) is 0 Å². The molecule has 0 bridgehead atoms. The Labute approximate surface area is 105 Å². The van der Waals surface area contributed by atoms with Crippen LogP contribution < -0.4 is 5.73 Å². The van der Waals surface area contributed by atoms with Gasteiger partial charge in [-0.1, -0.05) is 25.7 Å². The summed E-state index contributed by atoms with van der Waals surface area (Å²) in [5.41, 5.74) is 5.93. The first-order chi connectivity index (χ1) is 7.99. The highest BCUT2D eigenvalue weighted by molar-refractivity contribution is 5.77. The molecule has 98 valence electrons. The van der Waals surface area contributed by atoms with Crippen molar-refractivity contribution >= 4 is 5.91 Å². The summed E-state index contributed by atoms with van der Waals surface area (Å²) >= 11 is 0. The van der Waals surface area contributed by atoms with Crippen molar-refractivity contribution in [2.75, 3.05) is 6.54 Å². The number of nitrogens with zero attached hydrogens (tertiary/aromatic N) is 1. The lowest BCUT2D eigenvalue weighted by Gasteiger charge is -2.31. The van der Waals surface area contributed by atoms with Crippen LogP contribution in [0.15, 0.2) is 0 Å². The molecule has 0 aromatic carbocycles. The van der Waals surface area contributed by atoms with E-state index in [9.17, 15) is 4.79 Å². The van der Waals surface area contributed by atoms with Crippen molar-refractivity contribution in [3.63, 3.8) is 0 Å². The Morgan fingerprint density at radius 2 is 2.00 bits per heavy atom. The van der Waals surface area contributed by atoms with Crippen molar-refractivity contribution in [1.82, 2.24) is 4.90 Å². The summed E-state index contributed by atoms with van der Waals surface area (Å²) in [5, 5.41) is 0. The number of amides is 1. The Morgan fingerprint density at radius 1 is 1.35 bits per heavy atom. The molecule has 0 aromatic rings. The Balaban J connectivity index is 1.82. The number of carbonyl (C=O) groups is 1. The molecule has 2 fully saturated rings. The molecule has 1 amide bonds. The molecule has 2 rings (SSSR count). The van der Waals surface area contributed by atoms with Gasteiger partial charge in [-0.3, -0.25) is 4.79 Å². The zero-order valence-corrected chi connectivity index (χ0v) is 11.2. The summed E-state index contributed by atoms with van der Waals surface area (Å²) < 4.78 is 0. The molecule has 17 heavy (non-hydrogen) atoms. The van der Waals surface area contributed by atoms with Gasteiger partial charge in [0.05, 0.1) is 0 Å². The molecule has 1 aliphatic heterocycles. The quantitative estimate of drug-likeness (QED) is 0.820. The Hall–Kier alpha value is -0.570. The average Bonchev–Trinajstić information content (AvgIpc) is 2.82. The predicted molar refractivity (Wildman–Crippen MR) is 69.6 cm³/mol. The minimum absolute atomic E-state index is 0.0355. The molecular formula is C14H26N2O. The van der Waals surface area contributed by atoms with Crippen LogP contribution in [0, 0.1) is 5.92 Å². The summed E-state index contributed by atoms with van der Waals surface area (Å²) in [6.07, 6.45) is 8.12. The van der Waals surface area contributed by atoms with Crippen molar-refractivity contribution in [1.29, 1.82) is 0 Å². The standard InChI is InChI=1S/C14H26N2O/c1-14(2)9-12(15)10-16(14)13(17)8-7-11-5-3-4-6-11/h11-12H,3-10,15H2,1-2H3. The Bertz CT molecular complexity index is 282. The second-order valence-electron chi connectivity index (χ2n) is 6.47. The zero-order valence-electron chi connectivity index (χ0n) is 11.2. The molecule has 1 aliphatic carbocycles. The van der Waals surface area contributed by atoms with E-state index in [0.29, 0.717) is 5.91 Å². The number of rotatable bonds is 3. The van der Waals surface area contributed by atoms with Gasteiger partial charge in [0.25, 0.3) is 0 Å². The van der Waals surface area contributed by atoms with Crippen LogP contribution in [-0.2, 0) is 4.79 Å². The smallest absolute Gasteiger partial charge is 0.223 e. The lowest BCUT2D eigenvalue weighted by Crippen LogP contribution is -2.42. The summed E-state index contributed by atoms with van der Waals surface area (Å²) in [5.74, 6) is 1.12. The minimum Gasteiger partial charge on any atom is -0.336 e. The third-order valence-electron chi connectivity index (χ3n) is 4.45. The summed E-state index contributed by atoms with van der Waals surface area (Å²) in [4.78, 5) is 14.2. The van der Waals surface area contributed by atoms with Gasteiger partial charge in [-0.05, 0) is 32.6 Å². The summed E-state index contributed by atoms with van der Waals surface area (Å²) in [6, 6.07) is 0.167. The van der Waals surface area contributed by atoms with Gasteiger partial charge >= 0.3 is 0 Å². The van der Waals surface area contributed by atoms with Crippen LogP contribution in [0.2, 0.25) is 0 Å². The van der Waals surface area contributed by atoms with E-state index in [1.54, 1.807) is 0 Å². The molecule has 1 unspecified atom stereocenters. The third kappa shape index (κ3) is 3.01. The molecule has 0 spiro atoms. The fourth-order valence-electron chi connectivity index (χ4n) is 3.50. The second kappa shape index (κ2) is 4.97. The van der Waals surface area contributed by atoms with Gasteiger partial charge < -0.3 is 10.6 Å². The van der Waals surface area contributed by atoms with Gasteiger partial charge in [-0.15, -0.1) is 0 Å². The molecule has 2 aliphatic rings. The van der Waals surface area contributed by atoms with Crippen molar-refractivity contribution in [3.8, 4) is 0 Å². The van der Waals surface area contributed by atoms with E-state index >= 15 is 0 Å². The van der Waals surface area contributed by atoms with Crippen LogP contribution >= 0.6 is 0 Å². The monoisotopic (exact) mass is 238 g/mol. The van der Waals surface area contributed by atoms with E-state index < -0.39 is 0 Å². The second-order valence-corrected chi connectivity index (χ2v) is 6.47. The van der Waals surface area contributed by atoms with Gasteiger partial charge in [0.2, 0.25) is 5.91 Å². The van der Waals surface area contributed by atoms with Gasteiger partial charge in [-0.2, -0.15) is 0 Å². The average molecular weight is 238 g/mol. The van der Waals surface area contributed by atoms with E-state index in [2.05, 4.69) is 13.8 Å². The molecule has 1 saturated heterocycles. The van der Waals surface area contributed by atoms with Crippen LogP contribution in [0.4, 0.5) is 0 Å². The maximum absolute atomic E-state index is 12.2. The van der Waals surface area contributed by atoms with E-state index in [1.165, 1.54) is 25.7 Å². The minimum atomic E-state index is -0.0355. The number of hydrogen-bond acceptors (Lipinski definition) is 2. The molecule has 0 radical (unpaired) electrons. The molecule has 0 aromatic heterocycles. The summed E-state index contributed by atoms with van der Waals surface area (Å²) in [6.45, 7) is 5.01. The lowest BCUT2D eigenvalue weighted by atomic mass is 9.98. The highest BCUT2D eigenvalue weighted by atomic mass is 16.2. The van der Waals surface area contributed by atoms with E-state index in [-0.39, 0.29) is 11.6 Å². The maximum atomic E-state index is 12.2. The fraction of sp³-hybridized carbons (Fsp3) is 0.929. The number of carbonyl (C=O) groups excluding carboxylic acids is 1. The number of hydrogen-bond donors (Lipinski definition) is 1. The highest BCUT2D eigenvalue weighted by Gasteiger charge is 2.39. The van der Waals surface area contributed by atoms with Gasteiger partial charge in [0.1, 0.15) is 0 Å². The third-order valence-corrected chi connectivity index (χ3v) is 4.45. The van der Waals surface area contributed by atoms with E-state index in [0.717, 1.165) is 31.7 Å². The Morgan fingerprint density at radius 3 is 2.53 bits per heavy atom. The van der Waals surface area contributed by atoms with Crippen LogP contribution in [0.3, 0.4) is 0 Å². The molecule has 2 N–H and O–H groups in total. The van der Waals surface area contributed by atoms with Gasteiger partial charge in [0, 0.05) is 24.5 Å². The largest absolute Gasteiger partial charge is 0.336 e. The van der Waals surface area contributed by atoms with Crippen LogP contribution in [0.25, 0.3) is 0 Å². The SMILES string of the molecule is CC1(C)CC(N)CN1C(=O)CCC1CCCC1. The molecule has 3 heteroatoms. The number of nitrogens with two attached hydrogens (primary N) is 1. The van der Waals surface area contributed by atoms with Crippen molar-refractivity contribution in [2.24, 2.45) is 11.7 Å².